The Bertz CT molecular complexity index is 1090. The molecule has 0 saturated heterocycles. The van der Waals surface area contributed by atoms with Crippen molar-refractivity contribution in [3.8, 4) is 40.2 Å². The lowest BCUT2D eigenvalue weighted by Gasteiger charge is -2.22. The van der Waals surface area contributed by atoms with Crippen LogP contribution < -0.4 is 10.3 Å². The third-order valence-electron chi connectivity index (χ3n) is 4.11. The molecule has 0 aliphatic carbocycles. The monoisotopic (exact) mass is 320 g/mol. The van der Waals surface area contributed by atoms with Gasteiger partial charge in [0.1, 0.15) is 23.0 Å². The molecule has 0 unspecified atom stereocenters. The van der Waals surface area contributed by atoms with Gasteiger partial charge in [0.25, 0.3) is 5.56 Å². The van der Waals surface area contributed by atoms with Crippen molar-refractivity contribution in [3.63, 3.8) is 0 Å². The molecular formula is C18H12N2O4. The molecule has 0 saturated carbocycles. The van der Waals surface area contributed by atoms with E-state index in [-0.39, 0.29) is 35.4 Å². The Balaban J connectivity index is 2.14. The van der Waals surface area contributed by atoms with Gasteiger partial charge in [-0.15, -0.1) is 0 Å². The molecule has 24 heavy (non-hydrogen) atoms. The summed E-state index contributed by atoms with van der Waals surface area (Å²) in [4.78, 5) is 12.7. The molecule has 1 aliphatic heterocycles. The van der Waals surface area contributed by atoms with Crippen LogP contribution in [0.1, 0.15) is 6.42 Å². The van der Waals surface area contributed by atoms with Crippen LogP contribution in [0.3, 0.4) is 0 Å². The predicted octanol–water partition coefficient (Wildman–Crippen LogP) is 3.10. The first kappa shape index (κ1) is 14.2. The van der Waals surface area contributed by atoms with Crippen LogP contribution in [-0.2, 0) is 6.54 Å². The van der Waals surface area contributed by atoms with Crippen molar-refractivity contribution >= 4 is 10.8 Å². The number of fused-ring (bicyclic) bond motifs is 2. The number of pyridine rings is 1. The number of nitriles is 1. The minimum absolute atomic E-state index is 0.0730. The van der Waals surface area contributed by atoms with E-state index in [0.29, 0.717) is 28.0 Å². The van der Waals surface area contributed by atoms with Crippen molar-refractivity contribution in [2.24, 2.45) is 0 Å². The van der Waals surface area contributed by atoms with E-state index >= 15 is 0 Å². The maximum atomic E-state index is 12.7. The van der Waals surface area contributed by atoms with Crippen molar-refractivity contribution in [2.75, 3.05) is 0 Å². The number of phenols is 2. The summed E-state index contributed by atoms with van der Waals surface area (Å²) in [5, 5.41) is 29.4. The summed E-state index contributed by atoms with van der Waals surface area (Å²) in [5.74, 6) is 0.959. The van der Waals surface area contributed by atoms with E-state index in [1.54, 1.807) is 24.4 Å². The summed E-state index contributed by atoms with van der Waals surface area (Å²) in [6.45, 7) is 0.219. The zero-order valence-corrected chi connectivity index (χ0v) is 12.5. The summed E-state index contributed by atoms with van der Waals surface area (Å²) >= 11 is 0. The number of nitrogens with zero attached hydrogens (tertiary/aromatic N) is 2. The first-order valence-corrected chi connectivity index (χ1v) is 7.37. The van der Waals surface area contributed by atoms with Crippen LogP contribution in [0.4, 0.5) is 0 Å². The largest absolute Gasteiger partial charge is 0.508 e. The minimum Gasteiger partial charge on any atom is -0.508 e. The van der Waals surface area contributed by atoms with Gasteiger partial charge < -0.3 is 19.5 Å². The fourth-order valence-electron chi connectivity index (χ4n) is 3.04. The van der Waals surface area contributed by atoms with Crippen molar-refractivity contribution < 1.29 is 14.9 Å². The number of aryl methyl sites for hydroxylation is 1. The second-order valence-electron chi connectivity index (χ2n) is 5.56. The van der Waals surface area contributed by atoms with E-state index in [4.69, 9.17) is 10.00 Å². The molecule has 1 aliphatic rings. The summed E-state index contributed by atoms with van der Waals surface area (Å²) in [5.41, 5.74) is 0.921. The average Bonchev–Trinajstić information content (AvgIpc) is 2.58. The van der Waals surface area contributed by atoms with Crippen LogP contribution in [0.2, 0.25) is 0 Å². The lowest BCUT2D eigenvalue weighted by Crippen LogP contribution is -2.21. The summed E-state index contributed by atoms with van der Waals surface area (Å²) in [7, 11) is 0. The first-order chi connectivity index (χ1) is 11.6. The van der Waals surface area contributed by atoms with Gasteiger partial charge in [0.2, 0.25) is 0 Å². The lowest BCUT2D eigenvalue weighted by molar-refractivity contribution is 0.463. The van der Waals surface area contributed by atoms with Crippen LogP contribution in [0.5, 0.6) is 23.0 Å². The number of hydrogen-bond acceptors (Lipinski definition) is 5. The normalized spacial score (nSPS) is 11.6. The van der Waals surface area contributed by atoms with Crippen LogP contribution in [0.25, 0.3) is 21.9 Å². The standard InChI is InChI=1S/C18H12N2O4/c19-6-1-7-20-9-12-11-8-10(21)2-4-14(11)24-15-5-3-13(22)17(16(12)15)18(20)23/h2-5,8-9,21-22H,1,7H2. The van der Waals surface area contributed by atoms with Crippen molar-refractivity contribution in [2.45, 2.75) is 13.0 Å². The molecule has 6 heteroatoms. The molecular weight excluding hydrogens is 308 g/mol. The highest BCUT2D eigenvalue weighted by Gasteiger charge is 2.24. The highest BCUT2D eigenvalue weighted by molar-refractivity contribution is 6.05. The van der Waals surface area contributed by atoms with Gasteiger partial charge in [0, 0.05) is 29.3 Å². The number of aromatic nitrogens is 1. The fourth-order valence-corrected chi connectivity index (χ4v) is 3.04. The highest BCUT2D eigenvalue weighted by atomic mass is 16.5. The fraction of sp³-hybridized carbons (Fsp3) is 0.111. The van der Waals surface area contributed by atoms with Crippen molar-refractivity contribution in [3.05, 3.63) is 46.9 Å². The molecule has 0 bridgehead atoms. The van der Waals surface area contributed by atoms with Crippen LogP contribution in [0.15, 0.2) is 41.3 Å². The summed E-state index contributed by atoms with van der Waals surface area (Å²) in [6, 6.07) is 9.76. The third kappa shape index (κ3) is 1.92. The molecule has 0 radical (unpaired) electrons. The van der Waals surface area contributed by atoms with Gasteiger partial charge in [-0.05, 0) is 30.3 Å². The van der Waals surface area contributed by atoms with Crippen LogP contribution >= 0.6 is 0 Å². The van der Waals surface area contributed by atoms with E-state index in [2.05, 4.69) is 0 Å². The number of phenolic OH excluding ortho intramolecular Hbond substituents is 2. The Hall–Kier alpha value is -3.46. The maximum absolute atomic E-state index is 12.7. The van der Waals surface area contributed by atoms with Gasteiger partial charge in [-0.1, -0.05) is 0 Å². The number of aromatic hydroxyl groups is 2. The van der Waals surface area contributed by atoms with Gasteiger partial charge in [-0.25, -0.2) is 0 Å². The van der Waals surface area contributed by atoms with Crippen molar-refractivity contribution in [1.82, 2.24) is 4.57 Å². The van der Waals surface area contributed by atoms with Gasteiger partial charge in [0.15, 0.2) is 0 Å². The zero-order valence-electron chi connectivity index (χ0n) is 12.5. The predicted molar refractivity (Wildman–Crippen MR) is 87.3 cm³/mol. The van der Waals surface area contributed by atoms with E-state index in [0.717, 1.165) is 0 Å². The maximum Gasteiger partial charge on any atom is 0.262 e. The average molecular weight is 320 g/mol. The second kappa shape index (κ2) is 5.03. The van der Waals surface area contributed by atoms with Gasteiger partial charge in [-0.3, -0.25) is 4.79 Å². The molecule has 3 aromatic rings. The molecule has 2 N–H and O–H groups in total. The molecule has 4 rings (SSSR count). The Kier molecular flexibility index (Phi) is 2.97. The SMILES string of the molecule is N#CCCn1cc2c3c(ccc(O)c3c1=O)Oc1ccc(O)cc1-2. The Labute approximate surface area is 136 Å². The second-order valence-corrected chi connectivity index (χ2v) is 5.56. The van der Waals surface area contributed by atoms with Crippen LogP contribution in [0, 0.1) is 11.3 Å². The van der Waals surface area contributed by atoms with Crippen LogP contribution in [-0.4, -0.2) is 14.8 Å². The van der Waals surface area contributed by atoms with E-state index < -0.39 is 0 Å². The van der Waals surface area contributed by atoms with Crippen molar-refractivity contribution in [1.29, 1.82) is 5.26 Å². The Morgan fingerprint density at radius 3 is 2.67 bits per heavy atom. The Morgan fingerprint density at radius 2 is 1.88 bits per heavy atom. The third-order valence-corrected chi connectivity index (χ3v) is 4.11. The molecule has 0 amide bonds. The molecule has 118 valence electrons. The quantitative estimate of drug-likeness (QED) is 0.591. The van der Waals surface area contributed by atoms with E-state index in [1.807, 2.05) is 6.07 Å². The molecule has 2 heterocycles. The Morgan fingerprint density at radius 1 is 1.08 bits per heavy atom. The number of benzene rings is 2. The molecule has 0 spiro atoms. The molecule has 6 nitrogen and oxygen atoms in total. The number of hydrogen-bond donors (Lipinski definition) is 2. The summed E-state index contributed by atoms with van der Waals surface area (Å²) in [6.07, 6.45) is 1.82. The number of rotatable bonds is 2. The lowest BCUT2D eigenvalue weighted by atomic mass is 9.96. The molecule has 0 fully saturated rings. The van der Waals surface area contributed by atoms with Gasteiger partial charge >= 0.3 is 0 Å². The zero-order chi connectivity index (χ0) is 16.8. The summed E-state index contributed by atoms with van der Waals surface area (Å²) < 4.78 is 7.22. The number of ether oxygens (including phenoxy) is 1. The van der Waals surface area contributed by atoms with Gasteiger partial charge in [0.05, 0.1) is 17.9 Å². The van der Waals surface area contributed by atoms with Gasteiger partial charge in [-0.2, -0.15) is 5.26 Å². The minimum atomic E-state index is -0.379. The highest BCUT2D eigenvalue weighted by Crippen LogP contribution is 2.48. The van der Waals surface area contributed by atoms with E-state index in [9.17, 15) is 15.0 Å². The topological polar surface area (TPSA) is 95.5 Å². The molecule has 2 aromatic carbocycles. The van der Waals surface area contributed by atoms with E-state index in [1.165, 1.54) is 16.7 Å². The molecule has 1 aromatic heterocycles. The smallest absolute Gasteiger partial charge is 0.262 e. The molecule has 0 atom stereocenters. The first-order valence-electron chi connectivity index (χ1n) is 7.37.